The first-order valence-electron chi connectivity index (χ1n) is 9.54. The first kappa shape index (κ1) is 17.3. The van der Waals surface area contributed by atoms with Gasteiger partial charge in [-0.05, 0) is 44.7 Å². The van der Waals surface area contributed by atoms with Crippen molar-refractivity contribution < 1.29 is 0 Å². The summed E-state index contributed by atoms with van der Waals surface area (Å²) in [5.41, 5.74) is 1.14. The van der Waals surface area contributed by atoms with Crippen LogP contribution in [0, 0.1) is 0 Å². The summed E-state index contributed by atoms with van der Waals surface area (Å²) in [6.45, 7) is 8.72. The van der Waals surface area contributed by atoms with E-state index in [9.17, 15) is 0 Å². The molecule has 3 rings (SSSR count). The van der Waals surface area contributed by atoms with Crippen LogP contribution in [0.25, 0.3) is 12.3 Å². The minimum Gasteiger partial charge on any atom is -0.372 e. The highest BCUT2D eigenvalue weighted by atomic mass is 15.1. The molecule has 1 aromatic rings. The molecular weight excluding hydrogens is 296 g/mol. The van der Waals surface area contributed by atoms with Crippen LogP contribution in [0.2, 0.25) is 0 Å². The lowest BCUT2D eigenvalue weighted by Crippen LogP contribution is -2.50. The van der Waals surface area contributed by atoms with Crippen molar-refractivity contribution in [1.82, 2.24) is 15.6 Å². The van der Waals surface area contributed by atoms with Crippen LogP contribution < -0.4 is 26.4 Å². The molecule has 0 amide bonds. The van der Waals surface area contributed by atoms with Crippen molar-refractivity contribution in [2.75, 3.05) is 5.32 Å². The first-order chi connectivity index (χ1) is 11.5. The Bertz CT molecular complexity index is 672. The lowest BCUT2D eigenvalue weighted by molar-refractivity contribution is 0.353. The average molecular weight is 329 g/mol. The number of rotatable bonds is 5. The van der Waals surface area contributed by atoms with Gasteiger partial charge in [-0.25, -0.2) is 4.98 Å². The lowest BCUT2D eigenvalue weighted by Gasteiger charge is -2.28. The van der Waals surface area contributed by atoms with E-state index in [0.29, 0.717) is 18.0 Å². The Morgan fingerprint density at radius 2 is 1.88 bits per heavy atom. The third-order valence-corrected chi connectivity index (χ3v) is 4.90. The topological polar surface area (TPSA) is 49.0 Å². The molecule has 1 fully saturated rings. The zero-order valence-electron chi connectivity index (χ0n) is 15.5. The van der Waals surface area contributed by atoms with Gasteiger partial charge in [-0.3, -0.25) is 5.32 Å². The highest BCUT2D eigenvalue weighted by Crippen LogP contribution is 2.18. The number of anilines is 1. The Kier molecular flexibility index (Phi) is 5.44. The number of hydrogen-bond donors (Lipinski definition) is 3. The Labute approximate surface area is 145 Å². The molecule has 1 saturated carbocycles. The SMILES string of the molecule is CC(C)Nc1nc(C(C)C)cc2c1=CC(NC1CCCCC1)NC=2. The van der Waals surface area contributed by atoms with Crippen LogP contribution in [0.3, 0.4) is 0 Å². The maximum absolute atomic E-state index is 4.89. The van der Waals surface area contributed by atoms with Crippen molar-refractivity contribution in [3.63, 3.8) is 0 Å². The number of nitrogens with one attached hydrogen (secondary N) is 3. The van der Waals surface area contributed by atoms with Crippen molar-refractivity contribution >= 4 is 18.1 Å². The van der Waals surface area contributed by atoms with Gasteiger partial charge >= 0.3 is 0 Å². The molecule has 1 aromatic heterocycles. The van der Waals surface area contributed by atoms with Crippen molar-refractivity contribution in [2.45, 2.75) is 84.0 Å². The zero-order valence-corrected chi connectivity index (χ0v) is 15.5. The fourth-order valence-electron chi connectivity index (χ4n) is 3.58. The zero-order chi connectivity index (χ0) is 17.1. The lowest BCUT2D eigenvalue weighted by atomic mass is 9.95. The number of hydrogen-bond acceptors (Lipinski definition) is 4. The van der Waals surface area contributed by atoms with Gasteiger partial charge < -0.3 is 10.6 Å². The van der Waals surface area contributed by atoms with E-state index in [1.165, 1.54) is 42.5 Å². The summed E-state index contributed by atoms with van der Waals surface area (Å²) in [6, 6.07) is 3.22. The van der Waals surface area contributed by atoms with Gasteiger partial charge in [-0.15, -0.1) is 0 Å². The molecule has 3 N–H and O–H groups in total. The van der Waals surface area contributed by atoms with E-state index in [1.54, 1.807) is 0 Å². The maximum atomic E-state index is 4.89. The Morgan fingerprint density at radius 3 is 2.54 bits per heavy atom. The van der Waals surface area contributed by atoms with Crippen molar-refractivity contribution in [3.8, 4) is 0 Å². The molecule has 1 unspecified atom stereocenters. The average Bonchev–Trinajstić information content (AvgIpc) is 2.55. The molecule has 1 aliphatic heterocycles. The van der Waals surface area contributed by atoms with Gasteiger partial charge in [0, 0.05) is 34.4 Å². The largest absolute Gasteiger partial charge is 0.372 e. The molecule has 0 saturated heterocycles. The van der Waals surface area contributed by atoms with Crippen molar-refractivity contribution in [1.29, 1.82) is 0 Å². The predicted molar refractivity (Wildman–Crippen MR) is 102 cm³/mol. The van der Waals surface area contributed by atoms with Crippen LogP contribution in [0.15, 0.2) is 6.07 Å². The fraction of sp³-hybridized carbons (Fsp3) is 0.650. The van der Waals surface area contributed by atoms with E-state index in [2.05, 4.69) is 62.0 Å². The van der Waals surface area contributed by atoms with Gasteiger partial charge in [0.25, 0.3) is 0 Å². The monoisotopic (exact) mass is 328 g/mol. The number of aromatic nitrogens is 1. The summed E-state index contributed by atoms with van der Waals surface area (Å²) in [7, 11) is 0. The standard InChI is InChI=1S/C20H32N4/c1-13(2)18-10-15-12-21-19(23-16-8-6-5-7-9-16)11-17(15)20(24-18)22-14(3)4/h10-14,16,19,21,23H,5-9H2,1-4H3,(H,22,24). The van der Waals surface area contributed by atoms with Crippen LogP contribution in [0.5, 0.6) is 0 Å². The van der Waals surface area contributed by atoms with Gasteiger partial charge in [-0.1, -0.05) is 33.1 Å². The molecule has 2 heterocycles. The van der Waals surface area contributed by atoms with Gasteiger partial charge in [0.1, 0.15) is 5.82 Å². The third-order valence-electron chi connectivity index (χ3n) is 4.90. The van der Waals surface area contributed by atoms with Crippen molar-refractivity contribution in [3.05, 3.63) is 22.2 Å². The minimum atomic E-state index is 0.194. The summed E-state index contributed by atoms with van der Waals surface area (Å²) in [5, 5.41) is 13.3. The molecule has 0 bridgehead atoms. The smallest absolute Gasteiger partial charge is 0.134 e. The Balaban J connectivity index is 1.90. The molecule has 4 nitrogen and oxygen atoms in total. The van der Waals surface area contributed by atoms with Crippen LogP contribution in [0.1, 0.15) is 71.4 Å². The molecule has 0 radical (unpaired) electrons. The second-order valence-electron chi connectivity index (χ2n) is 7.81. The van der Waals surface area contributed by atoms with E-state index in [1.807, 2.05) is 0 Å². The van der Waals surface area contributed by atoms with E-state index in [4.69, 9.17) is 4.98 Å². The number of fused-ring (bicyclic) bond motifs is 1. The second kappa shape index (κ2) is 7.56. The summed E-state index contributed by atoms with van der Waals surface area (Å²) >= 11 is 0. The predicted octanol–water partition coefficient (Wildman–Crippen LogP) is 2.40. The summed E-state index contributed by atoms with van der Waals surface area (Å²) in [6.07, 6.45) is 11.3. The quantitative estimate of drug-likeness (QED) is 0.777. The molecule has 2 aliphatic rings. The molecular formula is C20H32N4. The molecule has 1 aliphatic carbocycles. The fourth-order valence-corrected chi connectivity index (χ4v) is 3.58. The molecule has 132 valence electrons. The maximum Gasteiger partial charge on any atom is 0.134 e. The highest BCUT2D eigenvalue weighted by Gasteiger charge is 2.18. The molecule has 0 spiro atoms. The molecule has 4 heteroatoms. The molecule has 0 aromatic carbocycles. The van der Waals surface area contributed by atoms with Gasteiger partial charge in [0.2, 0.25) is 0 Å². The minimum absolute atomic E-state index is 0.194. The van der Waals surface area contributed by atoms with Crippen LogP contribution in [-0.2, 0) is 0 Å². The van der Waals surface area contributed by atoms with Crippen LogP contribution in [0.4, 0.5) is 5.82 Å². The van der Waals surface area contributed by atoms with E-state index in [-0.39, 0.29) is 6.17 Å². The molecule has 24 heavy (non-hydrogen) atoms. The van der Waals surface area contributed by atoms with Gasteiger partial charge in [0.05, 0.1) is 6.17 Å². The Morgan fingerprint density at radius 1 is 1.12 bits per heavy atom. The van der Waals surface area contributed by atoms with Gasteiger partial charge in [-0.2, -0.15) is 0 Å². The highest BCUT2D eigenvalue weighted by molar-refractivity contribution is 5.52. The van der Waals surface area contributed by atoms with Crippen molar-refractivity contribution in [2.24, 2.45) is 0 Å². The van der Waals surface area contributed by atoms with E-state index in [0.717, 1.165) is 11.5 Å². The van der Waals surface area contributed by atoms with E-state index < -0.39 is 0 Å². The number of nitrogens with zero attached hydrogens (tertiary/aromatic N) is 1. The van der Waals surface area contributed by atoms with E-state index >= 15 is 0 Å². The normalized spacial score (nSPS) is 21.0. The number of pyridine rings is 1. The summed E-state index contributed by atoms with van der Waals surface area (Å²) in [4.78, 5) is 4.89. The van der Waals surface area contributed by atoms with Crippen LogP contribution >= 0.6 is 0 Å². The summed E-state index contributed by atoms with van der Waals surface area (Å²) in [5.74, 6) is 1.44. The van der Waals surface area contributed by atoms with Crippen LogP contribution in [-0.4, -0.2) is 23.2 Å². The third kappa shape index (κ3) is 4.10. The van der Waals surface area contributed by atoms with Gasteiger partial charge in [0.15, 0.2) is 0 Å². The molecule has 1 atom stereocenters. The Hall–Kier alpha value is -1.55. The second-order valence-corrected chi connectivity index (χ2v) is 7.81. The summed E-state index contributed by atoms with van der Waals surface area (Å²) < 4.78 is 0. The first-order valence-corrected chi connectivity index (χ1v) is 9.54.